The fourth-order valence-electron chi connectivity index (χ4n) is 10.3. The molecule has 2 bridgehead atoms. The zero-order chi connectivity index (χ0) is 55.7. The third-order valence-corrected chi connectivity index (χ3v) is 14.7. The first kappa shape index (κ1) is 57.0. The van der Waals surface area contributed by atoms with Gasteiger partial charge in [-0.15, -0.1) is 6.58 Å². The summed E-state index contributed by atoms with van der Waals surface area (Å²) >= 11 is 0. The van der Waals surface area contributed by atoms with Crippen LogP contribution >= 0.6 is 0 Å². The Morgan fingerprint density at radius 1 is 0.714 bits per heavy atom. The number of hydrogen-bond acceptors (Lipinski definition) is 10. The Kier molecular flexibility index (Phi) is 18.4. The molecule has 0 spiro atoms. The van der Waals surface area contributed by atoms with Crippen LogP contribution in [0, 0.1) is 11.8 Å². The van der Waals surface area contributed by atoms with E-state index in [0.717, 1.165) is 16.5 Å². The number of fused-ring (bicyclic) bond motifs is 4. The van der Waals surface area contributed by atoms with Crippen LogP contribution in [0.4, 0.5) is 0 Å². The maximum Gasteiger partial charge on any atom is 0.246 e. The van der Waals surface area contributed by atoms with Gasteiger partial charge in [0.15, 0.2) is 0 Å². The van der Waals surface area contributed by atoms with Gasteiger partial charge < -0.3 is 40.5 Å². The molecule has 2 aliphatic heterocycles. The lowest BCUT2D eigenvalue weighted by atomic mass is 9.97. The van der Waals surface area contributed by atoms with E-state index >= 15 is 24.0 Å². The van der Waals surface area contributed by atoms with Gasteiger partial charge in [-0.1, -0.05) is 76.3 Å². The zero-order valence-electron chi connectivity index (χ0n) is 45.9. The predicted molar refractivity (Wildman–Crippen MR) is 296 cm³/mol. The molecule has 18 heteroatoms. The number of likely N-dealkylation sites (N-methyl/N-ethyl adjacent to an activating group) is 2. The summed E-state index contributed by atoms with van der Waals surface area (Å²) in [6.45, 7) is 17.5. The van der Waals surface area contributed by atoms with Gasteiger partial charge in [-0.25, -0.2) is 9.97 Å². The third-order valence-electron chi connectivity index (χ3n) is 14.7. The first-order valence-electron chi connectivity index (χ1n) is 26.7. The monoisotopic (exact) mass is 1050 g/mol. The van der Waals surface area contributed by atoms with Gasteiger partial charge in [0.1, 0.15) is 48.6 Å². The number of pyridine rings is 1. The van der Waals surface area contributed by atoms with Crippen LogP contribution < -0.4 is 21.3 Å². The van der Waals surface area contributed by atoms with Gasteiger partial charge in [0, 0.05) is 80.5 Å². The third kappa shape index (κ3) is 13.6. The number of amides is 7. The van der Waals surface area contributed by atoms with E-state index in [9.17, 15) is 9.59 Å². The van der Waals surface area contributed by atoms with Gasteiger partial charge in [0.25, 0.3) is 0 Å². The van der Waals surface area contributed by atoms with Crippen molar-refractivity contribution < 1.29 is 33.6 Å². The topological polar surface area (TPSA) is 221 Å². The quantitative estimate of drug-likeness (QED) is 0.120. The maximum absolute atomic E-state index is 15.6. The lowest BCUT2D eigenvalue weighted by molar-refractivity contribution is -0.150. The van der Waals surface area contributed by atoms with Crippen molar-refractivity contribution in [2.45, 2.75) is 141 Å². The van der Waals surface area contributed by atoms with Crippen molar-refractivity contribution in [3.63, 3.8) is 0 Å². The summed E-state index contributed by atoms with van der Waals surface area (Å²) in [5, 5.41) is 13.4. The molecule has 3 aromatic heterocycles. The lowest BCUT2D eigenvalue weighted by Crippen LogP contribution is -2.61. The van der Waals surface area contributed by atoms with Crippen molar-refractivity contribution in [1.82, 2.24) is 55.5 Å². The number of carbonyl (C=O) groups is 7. The number of para-hydroxylation sites is 1. The number of carbonyl (C=O) groups excluding carboxylic acids is 7. The summed E-state index contributed by atoms with van der Waals surface area (Å²) in [6, 6.07) is 10.0. The number of allylic oxidation sites excluding steroid dienone is 1. The molecule has 7 rings (SSSR count). The highest BCUT2D eigenvalue weighted by Crippen LogP contribution is 2.30. The van der Waals surface area contributed by atoms with E-state index in [1.807, 2.05) is 96.3 Å². The number of nitrogens with zero attached hydrogens (tertiary/aromatic N) is 7. The molecule has 7 atom stereocenters. The average Bonchev–Trinajstić information content (AvgIpc) is 3.84. The minimum atomic E-state index is -1.31. The van der Waals surface area contributed by atoms with E-state index in [2.05, 4.69) is 47.4 Å². The van der Waals surface area contributed by atoms with E-state index in [-0.39, 0.29) is 56.9 Å². The fourth-order valence-corrected chi connectivity index (χ4v) is 10.3. The number of aromatic nitrogens is 4. The molecule has 4 N–H and O–H groups in total. The Balaban J connectivity index is 1.38. The highest BCUT2D eigenvalue weighted by molar-refractivity contribution is 5.99. The molecule has 77 heavy (non-hydrogen) atoms. The van der Waals surface area contributed by atoms with E-state index in [4.69, 9.17) is 0 Å². The van der Waals surface area contributed by atoms with Gasteiger partial charge in [-0.2, -0.15) is 0 Å². The molecule has 0 unspecified atom stereocenters. The Hall–Kier alpha value is -7.76. The molecular weight excluding hydrogens is 975 g/mol. The standard InChI is InChI=1S/C59H75N11O7/c1-11-59(7,8)70-34-41(43-20-14-15-21-48(43)70)31-47-57(76)68(10)50(27-36(2)3)54(73)64-45(30-39-23-24-44-40(29-39)33-60-35-62-44)52(71)63-38(6)56(75)67(9)49-22-13-12-18-26-69(58(49)77)51(28-37(4)5)55(74)65-46(53(72)66-47)32-42-19-16-17-25-61-42/h11-17,19-21,23-25,29,33-38,45-47,49-51H,1,18,22,26-28,30-32H2,2-10H3,(H,63,71)(H,64,73)(H,65,74)(H,66,72)/b13-12-/t38-,45-,46-,47-,49-,50-,51-/m0/s1. The fraction of sp³-hybridized carbons (Fsp3) is 0.458. The van der Waals surface area contributed by atoms with Crippen molar-refractivity contribution >= 4 is 63.2 Å². The smallest absolute Gasteiger partial charge is 0.246 e. The molecule has 2 aromatic carbocycles. The van der Waals surface area contributed by atoms with Crippen LogP contribution in [0.15, 0.2) is 110 Å². The van der Waals surface area contributed by atoms with E-state index in [1.54, 1.807) is 42.7 Å². The number of rotatable bonds is 12. The second-order valence-corrected chi connectivity index (χ2v) is 21.9. The largest absolute Gasteiger partial charge is 0.343 e. The molecule has 0 radical (unpaired) electrons. The predicted octanol–water partition coefficient (Wildman–Crippen LogP) is 5.19. The minimum absolute atomic E-state index is 0.0220. The SMILES string of the molecule is C=CC(C)(C)n1cc(C[C@@H]2NC(=O)[C@H](Cc3ccccn3)NC(=O)[C@H](CC(C)C)N3CC/C=C\C[C@@H](C3=O)N(C)C(=O)[C@H](C)NC(=O)[C@H](Cc3ccc4ncncc4c3)NC(=O)[C@H](CC(C)C)N(C)C2=O)c2ccccc21. The molecule has 0 aliphatic carbocycles. The van der Waals surface area contributed by atoms with Crippen LogP contribution in [-0.4, -0.2) is 139 Å². The summed E-state index contributed by atoms with van der Waals surface area (Å²) in [7, 11) is 3.01. The van der Waals surface area contributed by atoms with Crippen molar-refractivity contribution in [2.24, 2.45) is 11.8 Å². The molecule has 408 valence electrons. The Morgan fingerprint density at radius 3 is 2.08 bits per heavy atom. The van der Waals surface area contributed by atoms with Crippen LogP contribution in [0.3, 0.4) is 0 Å². The van der Waals surface area contributed by atoms with Gasteiger partial charge in [-0.3, -0.25) is 38.5 Å². The van der Waals surface area contributed by atoms with Gasteiger partial charge in [0.05, 0.1) is 11.1 Å². The minimum Gasteiger partial charge on any atom is -0.343 e. The molecule has 18 nitrogen and oxygen atoms in total. The molecule has 1 fully saturated rings. The second-order valence-electron chi connectivity index (χ2n) is 21.9. The molecule has 7 amide bonds. The Bertz CT molecular complexity index is 3010. The molecule has 1 saturated heterocycles. The summed E-state index contributed by atoms with van der Waals surface area (Å²) in [5.41, 5.74) is 2.86. The highest BCUT2D eigenvalue weighted by Gasteiger charge is 2.41. The van der Waals surface area contributed by atoms with Crippen molar-refractivity contribution in [3.8, 4) is 0 Å². The number of nitrogens with one attached hydrogen (secondary N) is 4. The average molecular weight is 1050 g/mol. The Labute approximate surface area is 451 Å². The maximum atomic E-state index is 15.6. The number of hydrogen-bond donors (Lipinski definition) is 4. The summed E-state index contributed by atoms with van der Waals surface area (Å²) in [6.07, 6.45) is 13.0. The van der Waals surface area contributed by atoms with Crippen molar-refractivity contribution in [2.75, 3.05) is 20.6 Å². The summed E-state index contributed by atoms with van der Waals surface area (Å²) in [4.78, 5) is 122. The normalized spacial score (nSPS) is 23.5. The molecular formula is C59H75N11O7. The van der Waals surface area contributed by atoms with Gasteiger partial charge >= 0.3 is 0 Å². The van der Waals surface area contributed by atoms with Crippen molar-refractivity contribution in [1.29, 1.82) is 0 Å². The Morgan fingerprint density at radius 2 is 1.38 bits per heavy atom. The zero-order valence-corrected chi connectivity index (χ0v) is 45.9. The van der Waals surface area contributed by atoms with Gasteiger partial charge in [-0.05, 0) is 99.7 Å². The first-order chi connectivity index (χ1) is 36.7. The molecule has 5 aromatic rings. The van der Waals surface area contributed by atoms with Gasteiger partial charge in [0.2, 0.25) is 41.4 Å². The lowest BCUT2D eigenvalue weighted by Gasteiger charge is -2.38. The summed E-state index contributed by atoms with van der Waals surface area (Å²) < 4.78 is 2.06. The van der Waals surface area contributed by atoms with E-state index in [0.29, 0.717) is 28.6 Å². The van der Waals surface area contributed by atoms with Crippen LogP contribution in [0.25, 0.3) is 21.8 Å². The molecule has 0 saturated carbocycles. The molecule has 5 heterocycles. The van der Waals surface area contributed by atoms with Crippen molar-refractivity contribution in [3.05, 3.63) is 127 Å². The van der Waals surface area contributed by atoms with Crippen LogP contribution in [0.2, 0.25) is 0 Å². The number of benzene rings is 2. The van der Waals surface area contributed by atoms with Crippen LogP contribution in [0.5, 0.6) is 0 Å². The van der Waals surface area contributed by atoms with Crippen LogP contribution in [-0.2, 0) is 58.4 Å². The molecule has 2 aliphatic rings. The van der Waals surface area contributed by atoms with E-state index in [1.165, 1.54) is 42.0 Å². The van der Waals surface area contributed by atoms with E-state index < -0.39 is 89.2 Å². The van der Waals surface area contributed by atoms with Crippen LogP contribution in [0.1, 0.15) is 91.0 Å². The first-order valence-corrected chi connectivity index (χ1v) is 26.7. The second kappa shape index (κ2) is 24.9. The highest BCUT2D eigenvalue weighted by atomic mass is 16.2. The summed E-state index contributed by atoms with van der Waals surface area (Å²) in [5.74, 6) is -4.50.